The molecule has 2 atom stereocenters. The second kappa shape index (κ2) is 14.1. The number of aliphatic carboxylic acids is 2. The van der Waals surface area contributed by atoms with E-state index < -0.39 is 54.3 Å². The summed E-state index contributed by atoms with van der Waals surface area (Å²) in [5, 5.41) is 37.4. The number of carboxylic acid groups (broad SMARTS) is 2. The Bertz CT molecular complexity index is 1120. The minimum absolute atomic E-state index is 0.0428. The van der Waals surface area contributed by atoms with Crippen LogP contribution in [0.1, 0.15) is 13.3 Å². The lowest BCUT2D eigenvalue weighted by Gasteiger charge is -2.39. The molecule has 2 saturated heterocycles. The van der Waals surface area contributed by atoms with Crippen molar-refractivity contribution in [1.29, 1.82) is 0 Å². The number of urea groups is 1. The van der Waals surface area contributed by atoms with Crippen LogP contribution < -0.4 is 15.0 Å². The molecule has 17 heteroatoms. The Morgan fingerprint density at radius 1 is 1.10 bits per heavy atom. The van der Waals surface area contributed by atoms with E-state index in [1.165, 1.54) is 6.07 Å². The van der Waals surface area contributed by atoms with Gasteiger partial charge in [-0.3, -0.25) is 14.6 Å². The first-order valence-electron chi connectivity index (χ1n) is 12.1. The van der Waals surface area contributed by atoms with Crippen molar-refractivity contribution in [2.75, 3.05) is 50.8 Å². The Labute approximate surface area is 231 Å². The molecule has 0 aliphatic carbocycles. The largest absolute Gasteiger partial charge is 0.482 e. The Balaban J connectivity index is 0.000000642. The van der Waals surface area contributed by atoms with Crippen LogP contribution in [0.3, 0.4) is 0 Å². The number of alkyl halides is 3. The number of hydrogen-bond acceptors (Lipinski definition) is 9. The van der Waals surface area contributed by atoms with E-state index >= 15 is 0 Å². The fourth-order valence-corrected chi connectivity index (χ4v) is 3.85. The van der Waals surface area contributed by atoms with Crippen molar-refractivity contribution in [2.45, 2.75) is 31.3 Å². The number of nitrogens with one attached hydrogen (secondary N) is 1. The van der Waals surface area contributed by atoms with Crippen LogP contribution in [0.25, 0.3) is 0 Å². The maximum atomic E-state index is 13.5. The third kappa shape index (κ3) is 10.2. The summed E-state index contributed by atoms with van der Waals surface area (Å²) in [6.45, 7) is 2.18. The number of halogens is 4. The first-order chi connectivity index (χ1) is 19.0. The van der Waals surface area contributed by atoms with Crippen molar-refractivity contribution < 1.29 is 61.9 Å². The maximum Gasteiger partial charge on any atom is 0.422 e. The van der Waals surface area contributed by atoms with Crippen molar-refractivity contribution in [3.8, 4) is 5.75 Å². The maximum absolute atomic E-state index is 13.5. The van der Waals surface area contributed by atoms with Crippen molar-refractivity contribution in [1.82, 2.24) is 15.1 Å². The minimum Gasteiger partial charge on any atom is -0.482 e. The molecule has 1 aromatic carbocycles. The highest BCUT2D eigenvalue weighted by Crippen LogP contribution is 2.31. The van der Waals surface area contributed by atoms with E-state index in [0.717, 1.165) is 24.0 Å². The highest BCUT2D eigenvalue weighted by molar-refractivity contribution is 6.01. The number of rotatable bonds is 9. The van der Waals surface area contributed by atoms with Gasteiger partial charge in [0, 0.05) is 50.9 Å². The fraction of sp³-hybridized carbons (Fsp3) is 0.500. The number of aliphatic hydroxyl groups excluding tert-OH is 1. The lowest BCUT2D eigenvalue weighted by molar-refractivity contribution is -0.165. The predicted octanol–water partition coefficient (Wildman–Crippen LogP) is 0.612. The van der Waals surface area contributed by atoms with Crippen molar-refractivity contribution in [3.05, 3.63) is 36.2 Å². The number of aliphatic hydroxyl groups is 2. The van der Waals surface area contributed by atoms with Gasteiger partial charge in [-0.2, -0.15) is 13.2 Å². The van der Waals surface area contributed by atoms with Crippen LogP contribution in [-0.2, 0) is 14.4 Å². The predicted molar refractivity (Wildman–Crippen MR) is 133 cm³/mol. The van der Waals surface area contributed by atoms with Gasteiger partial charge in [0.25, 0.3) is 5.91 Å². The van der Waals surface area contributed by atoms with Gasteiger partial charge in [0.1, 0.15) is 11.6 Å². The summed E-state index contributed by atoms with van der Waals surface area (Å²) in [6.07, 6.45) is -4.69. The first kappa shape index (κ1) is 33.2. The zero-order chi connectivity index (χ0) is 31.0. The molecule has 3 amide bonds. The van der Waals surface area contributed by atoms with E-state index in [9.17, 15) is 47.0 Å². The van der Waals surface area contributed by atoms with Gasteiger partial charge in [0.05, 0.1) is 5.69 Å². The molecule has 13 nitrogen and oxygen atoms in total. The number of hydrogen-bond donors (Lipinski definition) is 5. The molecular formula is C24H30F4N4O9. The third-order valence-electron chi connectivity index (χ3n) is 5.97. The first-order valence-corrected chi connectivity index (χ1v) is 12.1. The molecule has 2 aliphatic rings. The molecule has 0 saturated carbocycles. The molecular weight excluding hydrogens is 564 g/mol. The highest BCUT2D eigenvalue weighted by atomic mass is 19.4. The van der Waals surface area contributed by atoms with Gasteiger partial charge in [0.2, 0.25) is 0 Å². The second-order valence-electron chi connectivity index (χ2n) is 9.16. The number of amides is 3. The average Bonchev–Trinajstić information content (AvgIpc) is 2.88. The third-order valence-corrected chi connectivity index (χ3v) is 5.97. The number of nitrogens with zero attached hydrogens (tertiary/aromatic N) is 3. The Morgan fingerprint density at radius 3 is 2.22 bits per heavy atom. The van der Waals surface area contributed by atoms with E-state index in [1.54, 1.807) is 0 Å². The molecule has 2 aliphatic heterocycles. The zero-order valence-electron chi connectivity index (χ0n) is 21.8. The minimum atomic E-state index is -4.54. The standard InChI is InChI=1S/C20H26F4N4O5.C4H4O4/c1-19(32)16(29)25-18(31)28(17(19)30)6-2-5-26-7-9-27(10-8-26)14-4-3-13(21)11-15(14)33-12-20(22,23)24;5-3(6)1-2-4(7)8/h3-4,11,16,29,32H,2,5-10,12H2,1H3,(H,25,31);1-2H,(H,5,6)(H,7,8)/b;2-1+/t16-,19+;/m0./s1. The van der Waals surface area contributed by atoms with E-state index in [0.29, 0.717) is 57.0 Å². The van der Waals surface area contributed by atoms with Gasteiger partial charge in [-0.1, -0.05) is 0 Å². The molecule has 228 valence electrons. The Morgan fingerprint density at radius 2 is 1.68 bits per heavy atom. The summed E-state index contributed by atoms with van der Waals surface area (Å²) in [6, 6.07) is 2.69. The smallest absolute Gasteiger partial charge is 0.422 e. The number of carbonyl (C=O) groups is 4. The van der Waals surface area contributed by atoms with Gasteiger partial charge in [0.15, 0.2) is 18.4 Å². The van der Waals surface area contributed by atoms with Gasteiger partial charge >= 0.3 is 24.1 Å². The Kier molecular flexibility index (Phi) is 11.4. The number of imide groups is 1. The summed E-state index contributed by atoms with van der Waals surface area (Å²) >= 11 is 0. The number of piperazine rings is 1. The molecule has 3 rings (SSSR count). The molecule has 41 heavy (non-hydrogen) atoms. The van der Waals surface area contributed by atoms with E-state index in [2.05, 4.69) is 10.2 Å². The quantitative estimate of drug-likeness (QED) is 0.200. The van der Waals surface area contributed by atoms with Crippen molar-refractivity contribution in [3.63, 3.8) is 0 Å². The van der Waals surface area contributed by atoms with Crippen LogP contribution in [0.5, 0.6) is 5.75 Å². The second-order valence-corrected chi connectivity index (χ2v) is 9.16. The number of benzene rings is 1. The zero-order valence-corrected chi connectivity index (χ0v) is 21.8. The summed E-state index contributed by atoms with van der Waals surface area (Å²) in [5.41, 5.74) is -1.74. The van der Waals surface area contributed by atoms with Gasteiger partial charge in [-0.25, -0.2) is 18.8 Å². The van der Waals surface area contributed by atoms with Gasteiger partial charge in [-0.05, 0) is 32.0 Å². The number of carbonyl (C=O) groups excluding carboxylic acids is 2. The van der Waals surface area contributed by atoms with E-state index in [1.807, 2.05) is 4.90 Å². The van der Waals surface area contributed by atoms with Crippen LogP contribution in [0.4, 0.5) is 28.0 Å². The lowest BCUT2D eigenvalue weighted by Crippen LogP contribution is -2.68. The van der Waals surface area contributed by atoms with Gasteiger partial charge < -0.3 is 35.4 Å². The van der Waals surface area contributed by atoms with Crippen LogP contribution in [-0.4, -0.2) is 118 Å². The van der Waals surface area contributed by atoms with Gasteiger partial charge in [-0.15, -0.1) is 0 Å². The fourth-order valence-electron chi connectivity index (χ4n) is 3.85. The average molecular weight is 595 g/mol. The van der Waals surface area contributed by atoms with Crippen molar-refractivity contribution in [2.24, 2.45) is 0 Å². The summed E-state index contributed by atoms with van der Waals surface area (Å²) < 4.78 is 55.9. The molecule has 2 heterocycles. The monoisotopic (exact) mass is 594 g/mol. The molecule has 2 fully saturated rings. The summed E-state index contributed by atoms with van der Waals surface area (Å²) in [5.74, 6) is -4.27. The Hall–Kier alpha value is -3.96. The SMILES string of the molecule is C[C@]1(O)C(=O)N(CCCN2CCN(c3ccc(F)cc3OCC(F)(F)F)CC2)C(=O)N[C@H]1O.O=C(O)/C=C/C(=O)O. The van der Waals surface area contributed by atoms with E-state index in [-0.39, 0.29) is 12.3 Å². The number of anilines is 1. The molecule has 0 spiro atoms. The normalized spacial score (nSPS) is 21.8. The topological polar surface area (TPSA) is 180 Å². The van der Waals surface area contributed by atoms with Crippen LogP contribution in [0, 0.1) is 5.82 Å². The van der Waals surface area contributed by atoms with E-state index in [4.69, 9.17) is 14.9 Å². The highest BCUT2D eigenvalue weighted by Gasteiger charge is 2.48. The summed E-state index contributed by atoms with van der Waals surface area (Å²) in [4.78, 5) is 48.0. The molecule has 5 N–H and O–H groups in total. The summed E-state index contributed by atoms with van der Waals surface area (Å²) in [7, 11) is 0. The molecule has 0 bridgehead atoms. The number of ether oxygens (including phenoxy) is 1. The number of carboxylic acids is 2. The van der Waals surface area contributed by atoms with Crippen LogP contribution in [0.2, 0.25) is 0 Å². The molecule has 1 aromatic rings. The van der Waals surface area contributed by atoms with Crippen molar-refractivity contribution >= 4 is 29.6 Å². The lowest BCUT2D eigenvalue weighted by atomic mass is 10.0. The molecule has 0 radical (unpaired) electrons. The van der Waals surface area contributed by atoms with Crippen LogP contribution in [0.15, 0.2) is 30.4 Å². The molecule has 0 aromatic heterocycles. The van der Waals surface area contributed by atoms with Crippen LogP contribution >= 0.6 is 0 Å². The molecule has 0 unspecified atom stereocenters.